The first kappa shape index (κ1) is 13.5. The lowest BCUT2D eigenvalue weighted by atomic mass is 10.1. The van der Waals surface area contributed by atoms with Crippen molar-refractivity contribution >= 4 is 28.1 Å². The Hall–Kier alpha value is -1.88. The summed E-state index contributed by atoms with van der Waals surface area (Å²) < 4.78 is 0. The van der Waals surface area contributed by atoms with Gasteiger partial charge in [0, 0.05) is 17.3 Å². The molecule has 0 unspecified atom stereocenters. The average Bonchev–Trinajstić information content (AvgIpc) is 2.90. The van der Waals surface area contributed by atoms with Crippen LogP contribution in [0.25, 0.3) is 0 Å². The van der Waals surface area contributed by atoms with Crippen LogP contribution in [0.2, 0.25) is 0 Å². The Morgan fingerprint density at radius 3 is 2.84 bits per heavy atom. The number of aryl methyl sites for hydroxylation is 1. The highest BCUT2D eigenvalue weighted by atomic mass is 32.1. The van der Waals surface area contributed by atoms with Crippen LogP contribution in [0.15, 0.2) is 35.8 Å². The van der Waals surface area contributed by atoms with E-state index in [1.54, 1.807) is 6.20 Å². The summed E-state index contributed by atoms with van der Waals surface area (Å²) >= 11 is 1.42. The molecule has 1 amide bonds. The van der Waals surface area contributed by atoms with Gasteiger partial charge in [-0.15, -0.1) is 11.3 Å². The fourth-order valence-electron chi connectivity index (χ4n) is 1.75. The van der Waals surface area contributed by atoms with E-state index in [-0.39, 0.29) is 11.9 Å². The highest BCUT2D eigenvalue weighted by Crippen LogP contribution is 2.17. The number of nitrogens with one attached hydrogen (secondary N) is 2. The van der Waals surface area contributed by atoms with Crippen LogP contribution in [-0.4, -0.2) is 16.9 Å². The molecule has 19 heavy (non-hydrogen) atoms. The molecule has 2 aromatic rings. The summed E-state index contributed by atoms with van der Waals surface area (Å²) in [6.45, 7) is 4.01. The molecule has 4 nitrogen and oxygen atoms in total. The van der Waals surface area contributed by atoms with Gasteiger partial charge in [0.1, 0.15) is 6.04 Å². The monoisotopic (exact) mass is 275 g/mol. The predicted molar refractivity (Wildman–Crippen MR) is 79.6 cm³/mol. The van der Waals surface area contributed by atoms with Gasteiger partial charge in [-0.25, -0.2) is 4.98 Å². The number of benzene rings is 1. The Labute approximate surface area is 116 Å². The van der Waals surface area contributed by atoms with Crippen molar-refractivity contribution in [3.05, 3.63) is 41.4 Å². The zero-order chi connectivity index (χ0) is 13.7. The Balaban J connectivity index is 2.04. The standard InChI is InChI=1S/C14H17N3OS/c1-3-11(13(18)17-14-15-8-9-19-14)16-12-7-5-4-6-10(12)2/h4-9,11,16H,3H2,1-2H3,(H,15,17,18)/t11-/m0/s1. The van der Waals surface area contributed by atoms with Crippen molar-refractivity contribution in [1.82, 2.24) is 4.98 Å². The molecule has 1 atom stereocenters. The molecule has 0 aliphatic heterocycles. The van der Waals surface area contributed by atoms with Crippen molar-refractivity contribution in [1.29, 1.82) is 0 Å². The maximum absolute atomic E-state index is 12.2. The highest BCUT2D eigenvalue weighted by molar-refractivity contribution is 7.13. The Morgan fingerprint density at radius 1 is 1.42 bits per heavy atom. The minimum Gasteiger partial charge on any atom is -0.373 e. The number of thiazole rings is 1. The van der Waals surface area contributed by atoms with Crippen LogP contribution in [0, 0.1) is 6.92 Å². The van der Waals surface area contributed by atoms with Gasteiger partial charge >= 0.3 is 0 Å². The summed E-state index contributed by atoms with van der Waals surface area (Å²) in [5, 5.41) is 8.57. The van der Waals surface area contributed by atoms with Gasteiger partial charge in [0.25, 0.3) is 0 Å². The Morgan fingerprint density at radius 2 is 2.21 bits per heavy atom. The molecular formula is C14H17N3OS. The van der Waals surface area contributed by atoms with Crippen molar-refractivity contribution in [3.8, 4) is 0 Å². The van der Waals surface area contributed by atoms with Gasteiger partial charge in [-0.05, 0) is 25.0 Å². The van der Waals surface area contributed by atoms with Crippen molar-refractivity contribution in [2.45, 2.75) is 26.3 Å². The van der Waals surface area contributed by atoms with Crippen molar-refractivity contribution in [3.63, 3.8) is 0 Å². The summed E-state index contributed by atoms with van der Waals surface area (Å²) in [5.74, 6) is -0.0549. The van der Waals surface area contributed by atoms with Crippen LogP contribution in [0.1, 0.15) is 18.9 Å². The second kappa shape index (κ2) is 6.33. The maximum atomic E-state index is 12.2. The average molecular weight is 275 g/mol. The number of rotatable bonds is 5. The molecule has 5 heteroatoms. The molecule has 0 saturated heterocycles. The molecule has 1 aromatic heterocycles. The van der Waals surface area contributed by atoms with Crippen molar-refractivity contribution in [2.75, 3.05) is 10.6 Å². The molecule has 0 saturated carbocycles. The topological polar surface area (TPSA) is 54.0 Å². The molecule has 100 valence electrons. The van der Waals surface area contributed by atoms with E-state index in [2.05, 4.69) is 15.6 Å². The lowest BCUT2D eigenvalue weighted by Crippen LogP contribution is -2.34. The first-order valence-electron chi connectivity index (χ1n) is 6.23. The zero-order valence-corrected chi connectivity index (χ0v) is 11.8. The minimum atomic E-state index is -0.259. The fraction of sp³-hybridized carbons (Fsp3) is 0.286. The summed E-state index contributed by atoms with van der Waals surface area (Å²) in [6, 6.07) is 7.69. The third kappa shape index (κ3) is 3.54. The van der Waals surface area contributed by atoms with E-state index in [9.17, 15) is 4.79 Å². The quantitative estimate of drug-likeness (QED) is 0.880. The van der Waals surface area contributed by atoms with Crippen LogP contribution < -0.4 is 10.6 Å². The lowest BCUT2D eigenvalue weighted by Gasteiger charge is -2.18. The Bertz CT molecular complexity index is 539. The normalized spacial score (nSPS) is 11.9. The first-order chi connectivity index (χ1) is 9.20. The highest BCUT2D eigenvalue weighted by Gasteiger charge is 2.17. The van der Waals surface area contributed by atoms with Crippen LogP contribution in [0.4, 0.5) is 10.8 Å². The molecule has 2 rings (SSSR count). The number of anilines is 2. The number of para-hydroxylation sites is 1. The van der Waals surface area contributed by atoms with Crippen LogP contribution >= 0.6 is 11.3 Å². The third-order valence-corrected chi connectivity index (χ3v) is 3.55. The van der Waals surface area contributed by atoms with E-state index < -0.39 is 0 Å². The molecular weight excluding hydrogens is 258 g/mol. The number of nitrogens with zero attached hydrogens (tertiary/aromatic N) is 1. The lowest BCUT2D eigenvalue weighted by molar-refractivity contribution is -0.116. The summed E-state index contributed by atoms with van der Waals surface area (Å²) in [4.78, 5) is 16.2. The van der Waals surface area contributed by atoms with E-state index in [1.165, 1.54) is 11.3 Å². The molecule has 0 fully saturated rings. The number of hydrogen-bond donors (Lipinski definition) is 2. The molecule has 1 heterocycles. The minimum absolute atomic E-state index is 0.0549. The molecule has 0 radical (unpaired) electrons. The summed E-state index contributed by atoms with van der Waals surface area (Å²) in [7, 11) is 0. The molecule has 2 N–H and O–H groups in total. The van der Waals surface area contributed by atoms with E-state index in [0.29, 0.717) is 11.6 Å². The maximum Gasteiger partial charge on any atom is 0.248 e. The molecule has 0 bridgehead atoms. The smallest absolute Gasteiger partial charge is 0.248 e. The van der Waals surface area contributed by atoms with Gasteiger partial charge in [0.15, 0.2) is 5.13 Å². The molecule has 0 spiro atoms. The number of carbonyl (C=O) groups is 1. The van der Waals surface area contributed by atoms with Gasteiger partial charge < -0.3 is 10.6 Å². The van der Waals surface area contributed by atoms with Gasteiger partial charge in [-0.3, -0.25) is 4.79 Å². The van der Waals surface area contributed by atoms with Crippen LogP contribution in [0.3, 0.4) is 0 Å². The molecule has 1 aromatic carbocycles. The summed E-state index contributed by atoms with van der Waals surface area (Å²) in [6.07, 6.45) is 2.39. The van der Waals surface area contributed by atoms with Gasteiger partial charge in [-0.1, -0.05) is 25.1 Å². The van der Waals surface area contributed by atoms with Crippen LogP contribution in [-0.2, 0) is 4.79 Å². The van der Waals surface area contributed by atoms with E-state index >= 15 is 0 Å². The van der Waals surface area contributed by atoms with E-state index in [4.69, 9.17) is 0 Å². The van der Waals surface area contributed by atoms with Gasteiger partial charge in [0.05, 0.1) is 0 Å². The SMILES string of the molecule is CC[C@H](Nc1ccccc1C)C(=O)Nc1nccs1. The summed E-state index contributed by atoms with van der Waals surface area (Å²) in [5.41, 5.74) is 2.12. The van der Waals surface area contributed by atoms with Gasteiger partial charge in [-0.2, -0.15) is 0 Å². The van der Waals surface area contributed by atoms with E-state index in [1.807, 2.05) is 43.5 Å². The number of amides is 1. The van der Waals surface area contributed by atoms with Crippen molar-refractivity contribution < 1.29 is 4.79 Å². The largest absolute Gasteiger partial charge is 0.373 e. The predicted octanol–water partition coefficient (Wildman–Crippen LogP) is 3.28. The van der Waals surface area contributed by atoms with E-state index in [0.717, 1.165) is 11.3 Å². The number of carbonyl (C=O) groups excluding carboxylic acids is 1. The number of hydrogen-bond acceptors (Lipinski definition) is 4. The van der Waals surface area contributed by atoms with Gasteiger partial charge in [0.2, 0.25) is 5.91 Å². The Kier molecular flexibility index (Phi) is 4.52. The second-order valence-corrected chi connectivity index (χ2v) is 5.14. The zero-order valence-electron chi connectivity index (χ0n) is 11.0. The molecule has 0 aliphatic rings. The number of aromatic nitrogens is 1. The molecule has 0 aliphatic carbocycles. The fourth-order valence-corrected chi connectivity index (χ4v) is 2.29. The third-order valence-electron chi connectivity index (χ3n) is 2.86. The second-order valence-electron chi connectivity index (χ2n) is 4.25. The first-order valence-corrected chi connectivity index (χ1v) is 7.11. The van der Waals surface area contributed by atoms with Crippen molar-refractivity contribution in [2.24, 2.45) is 0 Å². The van der Waals surface area contributed by atoms with Crippen LogP contribution in [0.5, 0.6) is 0 Å².